The average Bonchev–Trinajstić information content (AvgIpc) is 2.87. The monoisotopic (exact) mass is 440 g/mol. The number of rotatable bonds is 4. The van der Waals surface area contributed by atoms with Crippen LogP contribution in [0.1, 0.15) is 17.0 Å². The minimum absolute atomic E-state index is 0.0675. The van der Waals surface area contributed by atoms with Gasteiger partial charge in [0.2, 0.25) is 0 Å². The van der Waals surface area contributed by atoms with Gasteiger partial charge in [-0.3, -0.25) is 0 Å². The molecule has 0 radical (unpaired) electrons. The van der Waals surface area contributed by atoms with Crippen molar-refractivity contribution in [2.24, 2.45) is 11.1 Å². The quantitative estimate of drug-likeness (QED) is 0.764. The molecule has 0 saturated carbocycles. The minimum Gasteiger partial charge on any atom is -0.496 e. The van der Waals surface area contributed by atoms with Crippen LogP contribution < -0.4 is 24.7 Å². The Labute approximate surface area is 191 Å². The SMILES string of the molecule is COc1cc(OC)c(C2C3=C(C(C#N)=C(N)C2(C#N)C#N)c2ccccc2OC3)cc1OC. The third-order valence-corrected chi connectivity index (χ3v) is 6.10. The van der Waals surface area contributed by atoms with E-state index in [1.54, 1.807) is 18.2 Å². The number of nitrogens with zero attached hydrogens (tertiary/aromatic N) is 3. The molecule has 8 heteroatoms. The molecule has 0 aromatic heterocycles. The first-order valence-corrected chi connectivity index (χ1v) is 9.99. The molecular formula is C25H20N4O4. The van der Waals surface area contributed by atoms with Crippen LogP contribution in [0.15, 0.2) is 53.2 Å². The first-order chi connectivity index (χ1) is 16.0. The van der Waals surface area contributed by atoms with Crippen LogP contribution in [0.3, 0.4) is 0 Å². The Morgan fingerprint density at radius 2 is 1.61 bits per heavy atom. The molecule has 2 aromatic carbocycles. The van der Waals surface area contributed by atoms with Crippen LogP contribution in [0.5, 0.6) is 23.0 Å². The maximum absolute atomic E-state index is 10.3. The van der Waals surface area contributed by atoms with E-state index in [1.165, 1.54) is 21.3 Å². The lowest BCUT2D eigenvalue weighted by Gasteiger charge is -2.40. The van der Waals surface area contributed by atoms with Gasteiger partial charge < -0.3 is 24.7 Å². The summed E-state index contributed by atoms with van der Waals surface area (Å²) >= 11 is 0. The predicted octanol–water partition coefficient (Wildman–Crippen LogP) is 3.43. The second-order valence-electron chi connectivity index (χ2n) is 7.50. The Kier molecular flexibility index (Phi) is 5.34. The Morgan fingerprint density at radius 1 is 0.970 bits per heavy atom. The van der Waals surface area contributed by atoms with Crippen molar-refractivity contribution in [3.8, 4) is 41.2 Å². The van der Waals surface area contributed by atoms with E-state index in [1.807, 2.05) is 18.2 Å². The van der Waals surface area contributed by atoms with Gasteiger partial charge in [-0.05, 0) is 17.7 Å². The first-order valence-electron chi connectivity index (χ1n) is 9.99. The van der Waals surface area contributed by atoms with Gasteiger partial charge in [0.1, 0.15) is 24.2 Å². The molecule has 1 atom stereocenters. The van der Waals surface area contributed by atoms with E-state index in [9.17, 15) is 15.8 Å². The van der Waals surface area contributed by atoms with Gasteiger partial charge in [0.25, 0.3) is 0 Å². The molecule has 1 aliphatic heterocycles. The van der Waals surface area contributed by atoms with Gasteiger partial charge in [-0.15, -0.1) is 0 Å². The molecule has 2 aliphatic rings. The second kappa shape index (κ2) is 8.15. The molecule has 1 aliphatic carbocycles. The highest BCUT2D eigenvalue weighted by atomic mass is 16.5. The fraction of sp³-hybridized carbons (Fsp3) is 0.240. The van der Waals surface area contributed by atoms with Gasteiger partial charge in [-0.25, -0.2) is 0 Å². The smallest absolute Gasteiger partial charge is 0.194 e. The van der Waals surface area contributed by atoms with E-state index >= 15 is 0 Å². The van der Waals surface area contributed by atoms with Crippen LogP contribution in [0.2, 0.25) is 0 Å². The molecule has 0 saturated heterocycles. The second-order valence-corrected chi connectivity index (χ2v) is 7.50. The number of methoxy groups -OCH3 is 3. The van der Waals surface area contributed by atoms with Crippen molar-refractivity contribution in [3.05, 3.63) is 64.4 Å². The zero-order valence-corrected chi connectivity index (χ0v) is 18.3. The Balaban J connectivity index is 2.13. The summed E-state index contributed by atoms with van der Waals surface area (Å²) in [6.45, 7) is 0.0675. The van der Waals surface area contributed by atoms with E-state index in [2.05, 4.69) is 18.2 Å². The number of hydrogen-bond donors (Lipinski definition) is 1. The summed E-state index contributed by atoms with van der Waals surface area (Å²) in [6, 6.07) is 16.9. The summed E-state index contributed by atoms with van der Waals surface area (Å²) in [5.41, 5.74) is 6.89. The lowest BCUT2D eigenvalue weighted by molar-refractivity contribution is 0.317. The molecule has 0 bridgehead atoms. The summed E-state index contributed by atoms with van der Waals surface area (Å²) in [4.78, 5) is 0. The average molecular weight is 440 g/mol. The number of nitriles is 3. The van der Waals surface area contributed by atoms with Crippen LogP contribution in [0.4, 0.5) is 0 Å². The standard InChI is InChI=1S/C25H20N4O4/c1-30-19-9-21(32-3)20(31-2)8-15(19)23-17-11-33-18-7-5-4-6-14(18)22(17)16(10-26)24(29)25(23,12-27)13-28/h4-9,23H,11,29H2,1-3H3. The van der Waals surface area contributed by atoms with Crippen molar-refractivity contribution in [2.45, 2.75) is 5.92 Å². The van der Waals surface area contributed by atoms with E-state index in [4.69, 9.17) is 24.7 Å². The third-order valence-electron chi connectivity index (χ3n) is 6.10. The van der Waals surface area contributed by atoms with Crippen LogP contribution in [0, 0.1) is 39.4 Å². The molecule has 2 N–H and O–H groups in total. The van der Waals surface area contributed by atoms with Crippen LogP contribution in [0.25, 0.3) is 5.57 Å². The lowest BCUT2D eigenvalue weighted by Crippen LogP contribution is -2.40. The number of fused-ring (bicyclic) bond motifs is 2. The topological polar surface area (TPSA) is 134 Å². The van der Waals surface area contributed by atoms with Gasteiger partial charge in [-0.2, -0.15) is 15.8 Å². The minimum atomic E-state index is -1.87. The molecule has 0 spiro atoms. The maximum Gasteiger partial charge on any atom is 0.194 e. The number of ether oxygens (including phenoxy) is 4. The number of nitrogens with two attached hydrogens (primary N) is 1. The van der Waals surface area contributed by atoms with Gasteiger partial charge in [-0.1, -0.05) is 18.2 Å². The molecule has 8 nitrogen and oxygen atoms in total. The summed E-state index contributed by atoms with van der Waals surface area (Å²) in [5.74, 6) is 0.908. The number of hydrogen-bond acceptors (Lipinski definition) is 8. The molecule has 2 aromatic rings. The highest BCUT2D eigenvalue weighted by Crippen LogP contribution is 2.57. The predicted molar refractivity (Wildman–Crippen MR) is 118 cm³/mol. The van der Waals surface area contributed by atoms with Crippen molar-refractivity contribution in [1.29, 1.82) is 15.8 Å². The summed E-state index contributed by atoms with van der Waals surface area (Å²) in [5, 5.41) is 30.6. The van der Waals surface area contributed by atoms with Crippen molar-refractivity contribution >= 4 is 5.57 Å². The summed E-state index contributed by atoms with van der Waals surface area (Å²) < 4.78 is 22.5. The first kappa shape index (κ1) is 21.6. The Bertz CT molecular complexity index is 1320. The van der Waals surface area contributed by atoms with E-state index in [0.717, 1.165) is 0 Å². The van der Waals surface area contributed by atoms with Gasteiger partial charge in [0.15, 0.2) is 16.9 Å². The molecule has 1 heterocycles. The zero-order valence-electron chi connectivity index (χ0n) is 18.3. The van der Waals surface area contributed by atoms with E-state index in [-0.39, 0.29) is 17.9 Å². The van der Waals surface area contributed by atoms with E-state index < -0.39 is 11.3 Å². The van der Waals surface area contributed by atoms with Crippen molar-refractivity contribution < 1.29 is 18.9 Å². The van der Waals surface area contributed by atoms with Crippen LogP contribution in [-0.2, 0) is 0 Å². The molecule has 0 amide bonds. The lowest BCUT2D eigenvalue weighted by atomic mass is 9.61. The number of allylic oxidation sites excluding steroid dienone is 3. The van der Waals surface area contributed by atoms with Crippen molar-refractivity contribution in [1.82, 2.24) is 0 Å². The number of benzene rings is 2. The fourth-order valence-electron chi connectivity index (χ4n) is 4.56. The van der Waals surface area contributed by atoms with Crippen LogP contribution >= 0.6 is 0 Å². The van der Waals surface area contributed by atoms with Crippen LogP contribution in [-0.4, -0.2) is 27.9 Å². The van der Waals surface area contributed by atoms with Crippen molar-refractivity contribution in [2.75, 3.05) is 27.9 Å². The molecular weight excluding hydrogens is 420 g/mol. The van der Waals surface area contributed by atoms with E-state index in [0.29, 0.717) is 45.3 Å². The summed E-state index contributed by atoms with van der Waals surface area (Å²) in [6.07, 6.45) is 0. The highest BCUT2D eigenvalue weighted by molar-refractivity contribution is 5.92. The highest BCUT2D eigenvalue weighted by Gasteiger charge is 2.53. The van der Waals surface area contributed by atoms with Crippen molar-refractivity contribution in [3.63, 3.8) is 0 Å². The normalized spacial score (nSPS) is 18.0. The molecule has 0 fully saturated rings. The third kappa shape index (κ3) is 2.95. The molecule has 4 rings (SSSR count). The maximum atomic E-state index is 10.3. The fourth-order valence-corrected chi connectivity index (χ4v) is 4.56. The Hall–Kier alpha value is -4.61. The van der Waals surface area contributed by atoms with Gasteiger partial charge >= 0.3 is 0 Å². The Morgan fingerprint density at radius 3 is 2.21 bits per heavy atom. The largest absolute Gasteiger partial charge is 0.496 e. The molecule has 1 unspecified atom stereocenters. The number of para-hydroxylation sites is 1. The molecule has 164 valence electrons. The summed E-state index contributed by atoms with van der Waals surface area (Å²) in [7, 11) is 4.47. The molecule has 33 heavy (non-hydrogen) atoms. The van der Waals surface area contributed by atoms with Gasteiger partial charge in [0, 0.05) is 22.8 Å². The zero-order chi connectivity index (χ0) is 23.8. The van der Waals surface area contributed by atoms with Gasteiger partial charge in [0.05, 0.1) is 50.7 Å².